The minimum absolute atomic E-state index is 0.560. The van der Waals surface area contributed by atoms with Crippen LogP contribution in [-0.4, -0.2) is 6.04 Å². The van der Waals surface area contributed by atoms with Gasteiger partial charge in [0.15, 0.2) is 0 Å². The second-order valence-electron chi connectivity index (χ2n) is 4.13. The predicted molar refractivity (Wildman–Crippen MR) is 42.7 cm³/mol. The first-order chi connectivity index (χ1) is 4.84. The topological polar surface area (TPSA) is 26.0 Å². The summed E-state index contributed by atoms with van der Waals surface area (Å²) in [5.74, 6) is 2.11. The molecule has 0 aromatic carbocycles. The van der Waals surface area contributed by atoms with Crippen LogP contribution in [0.25, 0.3) is 0 Å². The summed E-state index contributed by atoms with van der Waals surface area (Å²) < 4.78 is 0. The summed E-state index contributed by atoms with van der Waals surface area (Å²) in [6.45, 7) is 0. The molecule has 0 amide bonds. The summed E-state index contributed by atoms with van der Waals surface area (Å²) in [5.41, 5.74) is 5.70. The lowest BCUT2D eigenvalue weighted by molar-refractivity contribution is 0.170. The standard InChI is InChI=1S/C9H17N/c10-9-5-8(6-9)4-7-2-1-3-7/h7-9H,1-6,10H2. The molecule has 0 spiro atoms. The first-order valence-corrected chi connectivity index (χ1v) is 4.60. The summed E-state index contributed by atoms with van der Waals surface area (Å²) >= 11 is 0. The van der Waals surface area contributed by atoms with Crippen molar-refractivity contribution in [3.05, 3.63) is 0 Å². The van der Waals surface area contributed by atoms with Gasteiger partial charge in [-0.1, -0.05) is 19.3 Å². The number of rotatable bonds is 2. The average molecular weight is 139 g/mol. The van der Waals surface area contributed by atoms with Crippen molar-refractivity contribution in [2.45, 2.75) is 44.6 Å². The number of nitrogens with two attached hydrogens (primary N) is 1. The molecule has 2 rings (SSSR count). The fourth-order valence-corrected chi connectivity index (χ4v) is 2.18. The van der Waals surface area contributed by atoms with Gasteiger partial charge in [0.2, 0.25) is 0 Å². The van der Waals surface area contributed by atoms with Crippen molar-refractivity contribution in [3.8, 4) is 0 Å². The Labute approximate surface area is 63.0 Å². The molecule has 0 radical (unpaired) electrons. The highest BCUT2D eigenvalue weighted by molar-refractivity contribution is 4.85. The molecular weight excluding hydrogens is 122 g/mol. The zero-order valence-corrected chi connectivity index (χ0v) is 6.55. The monoisotopic (exact) mass is 139 g/mol. The normalized spacial score (nSPS) is 40.5. The van der Waals surface area contributed by atoms with Crippen molar-refractivity contribution in [3.63, 3.8) is 0 Å². The molecule has 0 bridgehead atoms. The Kier molecular flexibility index (Phi) is 1.69. The molecule has 1 heteroatoms. The molecule has 0 aromatic rings. The van der Waals surface area contributed by atoms with Gasteiger partial charge >= 0.3 is 0 Å². The van der Waals surface area contributed by atoms with Gasteiger partial charge in [-0.05, 0) is 31.1 Å². The average Bonchev–Trinajstić information content (AvgIpc) is 1.72. The molecule has 2 saturated carbocycles. The summed E-state index contributed by atoms with van der Waals surface area (Å²) in [4.78, 5) is 0. The van der Waals surface area contributed by atoms with Gasteiger partial charge in [0.25, 0.3) is 0 Å². The Morgan fingerprint density at radius 1 is 1.10 bits per heavy atom. The van der Waals surface area contributed by atoms with Gasteiger partial charge < -0.3 is 5.73 Å². The maximum absolute atomic E-state index is 5.70. The minimum atomic E-state index is 0.560. The van der Waals surface area contributed by atoms with Crippen molar-refractivity contribution in [1.29, 1.82) is 0 Å². The van der Waals surface area contributed by atoms with Crippen LogP contribution in [0.3, 0.4) is 0 Å². The molecule has 2 fully saturated rings. The lowest BCUT2D eigenvalue weighted by Crippen LogP contribution is -2.37. The van der Waals surface area contributed by atoms with Gasteiger partial charge in [-0.3, -0.25) is 0 Å². The number of hydrogen-bond donors (Lipinski definition) is 1. The van der Waals surface area contributed by atoms with Gasteiger partial charge in [-0.15, -0.1) is 0 Å². The van der Waals surface area contributed by atoms with E-state index in [-0.39, 0.29) is 0 Å². The second-order valence-corrected chi connectivity index (χ2v) is 4.13. The van der Waals surface area contributed by atoms with Crippen LogP contribution in [0.4, 0.5) is 0 Å². The summed E-state index contributed by atoms with van der Waals surface area (Å²) in [6.07, 6.45) is 8.63. The molecule has 1 nitrogen and oxygen atoms in total. The molecule has 0 atom stereocenters. The molecule has 0 aromatic heterocycles. The minimum Gasteiger partial charge on any atom is -0.328 e. The van der Waals surface area contributed by atoms with Gasteiger partial charge in [0.1, 0.15) is 0 Å². The van der Waals surface area contributed by atoms with Crippen LogP contribution in [0.15, 0.2) is 0 Å². The largest absolute Gasteiger partial charge is 0.328 e. The molecule has 0 saturated heterocycles. The highest BCUT2D eigenvalue weighted by Crippen LogP contribution is 2.38. The zero-order valence-electron chi connectivity index (χ0n) is 6.55. The SMILES string of the molecule is NC1CC(CC2CCC2)C1. The van der Waals surface area contributed by atoms with E-state index >= 15 is 0 Å². The van der Waals surface area contributed by atoms with Crippen LogP contribution in [0.2, 0.25) is 0 Å². The van der Waals surface area contributed by atoms with Crippen molar-refractivity contribution in [2.75, 3.05) is 0 Å². The molecule has 10 heavy (non-hydrogen) atoms. The Morgan fingerprint density at radius 3 is 2.20 bits per heavy atom. The predicted octanol–water partition coefficient (Wildman–Crippen LogP) is 1.91. The summed E-state index contributed by atoms with van der Waals surface area (Å²) in [6, 6.07) is 0.560. The van der Waals surface area contributed by atoms with Crippen molar-refractivity contribution >= 4 is 0 Å². The van der Waals surface area contributed by atoms with Crippen molar-refractivity contribution < 1.29 is 0 Å². The molecule has 0 heterocycles. The van der Waals surface area contributed by atoms with Crippen LogP contribution < -0.4 is 5.73 Å². The van der Waals surface area contributed by atoms with Gasteiger partial charge in [-0.2, -0.15) is 0 Å². The Bertz CT molecular complexity index is 112. The van der Waals surface area contributed by atoms with E-state index in [1.165, 1.54) is 38.5 Å². The molecule has 0 unspecified atom stereocenters. The molecule has 2 aliphatic carbocycles. The van der Waals surface area contributed by atoms with Crippen LogP contribution in [0, 0.1) is 11.8 Å². The van der Waals surface area contributed by atoms with Crippen LogP contribution in [-0.2, 0) is 0 Å². The molecule has 2 N–H and O–H groups in total. The van der Waals surface area contributed by atoms with Crippen LogP contribution in [0.1, 0.15) is 38.5 Å². The molecule has 58 valence electrons. The third kappa shape index (κ3) is 1.20. The first kappa shape index (κ1) is 6.66. The first-order valence-electron chi connectivity index (χ1n) is 4.60. The fraction of sp³-hybridized carbons (Fsp3) is 1.00. The molecular formula is C9H17N. The third-order valence-electron chi connectivity index (χ3n) is 3.16. The molecule has 2 aliphatic rings. The van der Waals surface area contributed by atoms with Crippen molar-refractivity contribution in [2.24, 2.45) is 17.6 Å². The van der Waals surface area contributed by atoms with Gasteiger partial charge in [-0.25, -0.2) is 0 Å². The second kappa shape index (κ2) is 2.54. The number of hydrogen-bond acceptors (Lipinski definition) is 1. The third-order valence-corrected chi connectivity index (χ3v) is 3.16. The summed E-state index contributed by atoms with van der Waals surface area (Å²) in [7, 11) is 0. The van der Waals surface area contributed by atoms with E-state index in [1.807, 2.05) is 0 Å². The van der Waals surface area contributed by atoms with Crippen LogP contribution >= 0.6 is 0 Å². The van der Waals surface area contributed by atoms with E-state index in [1.54, 1.807) is 0 Å². The zero-order chi connectivity index (χ0) is 6.97. The van der Waals surface area contributed by atoms with Gasteiger partial charge in [0, 0.05) is 6.04 Å². The van der Waals surface area contributed by atoms with Crippen LogP contribution in [0.5, 0.6) is 0 Å². The maximum atomic E-state index is 5.70. The highest BCUT2D eigenvalue weighted by Gasteiger charge is 2.30. The van der Waals surface area contributed by atoms with E-state index in [9.17, 15) is 0 Å². The quantitative estimate of drug-likeness (QED) is 0.621. The van der Waals surface area contributed by atoms with E-state index in [4.69, 9.17) is 5.73 Å². The lowest BCUT2D eigenvalue weighted by atomic mass is 9.70. The van der Waals surface area contributed by atoms with E-state index in [0.717, 1.165) is 11.8 Å². The summed E-state index contributed by atoms with van der Waals surface area (Å²) in [5, 5.41) is 0. The Morgan fingerprint density at radius 2 is 1.80 bits per heavy atom. The Balaban J connectivity index is 1.62. The van der Waals surface area contributed by atoms with Gasteiger partial charge in [0.05, 0.1) is 0 Å². The smallest absolute Gasteiger partial charge is 0.00441 e. The van der Waals surface area contributed by atoms with Crippen molar-refractivity contribution in [1.82, 2.24) is 0 Å². The van der Waals surface area contributed by atoms with E-state index < -0.39 is 0 Å². The highest BCUT2D eigenvalue weighted by atomic mass is 14.7. The maximum Gasteiger partial charge on any atom is 0.00441 e. The Hall–Kier alpha value is -0.0400. The van der Waals surface area contributed by atoms with E-state index in [0.29, 0.717) is 6.04 Å². The fourth-order valence-electron chi connectivity index (χ4n) is 2.18. The molecule has 0 aliphatic heterocycles. The lowest BCUT2D eigenvalue weighted by Gasteiger charge is -2.37. The van der Waals surface area contributed by atoms with E-state index in [2.05, 4.69) is 0 Å².